The fraction of sp³-hybridized carbons (Fsp3) is 0.893. The molecule has 4 aliphatic rings. The first-order valence-electron chi connectivity index (χ1n) is 14.0. The monoisotopic (exact) mass is 524 g/mol. The summed E-state index contributed by atoms with van der Waals surface area (Å²) in [5.41, 5.74) is -0.164. The zero-order valence-electron chi connectivity index (χ0n) is 23.1. The highest BCUT2D eigenvalue weighted by Crippen LogP contribution is 2.69. The molecule has 4 saturated carbocycles. The number of aliphatic hydroxyl groups excluding tert-OH is 1. The summed E-state index contributed by atoms with van der Waals surface area (Å²) < 4.78 is 0. The number of carboxylic acid groups (broad SMARTS) is 2. The minimum Gasteiger partial charge on any atom is -0.473 e. The van der Waals surface area contributed by atoms with Crippen molar-refractivity contribution in [3.05, 3.63) is 0 Å². The molecule has 9 nitrogen and oxygen atoms in total. The van der Waals surface area contributed by atoms with Gasteiger partial charge in [0.25, 0.3) is 0 Å². The highest BCUT2D eigenvalue weighted by Gasteiger charge is 2.66. The number of hydrogen-bond acceptors (Lipinski definition) is 7. The second-order valence-corrected chi connectivity index (χ2v) is 12.6. The molecule has 4 rings (SSSR count). The fourth-order valence-corrected chi connectivity index (χ4v) is 8.43. The van der Waals surface area contributed by atoms with Crippen molar-refractivity contribution < 1.29 is 34.9 Å². The van der Waals surface area contributed by atoms with Gasteiger partial charge in [0.05, 0.1) is 11.7 Å². The van der Waals surface area contributed by atoms with Crippen LogP contribution in [0.4, 0.5) is 0 Å². The van der Waals surface area contributed by atoms with E-state index in [2.05, 4.69) is 23.9 Å². The molecule has 212 valence electrons. The molecule has 0 spiro atoms. The van der Waals surface area contributed by atoms with Crippen molar-refractivity contribution in [1.82, 2.24) is 4.90 Å². The van der Waals surface area contributed by atoms with Crippen LogP contribution in [0, 0.1) is 34.5 Å². The van der Waals surface area contributed by atoms with Crippen molar-refractivity contribution in [2.24, 2.45) is 39.7 Å². The van der Waals surface area contributed by atoms with E-state index in [4.69, 9.17) is 24.6 Å². The molecular formula is C28H48N2O7. The molecule has 4 N–H and O–H groups in total. The van der Waals surface area contributed by atoms with Gasteiger partial charge in [-0.15, -0.1) is 0 Å². The van der Waals surface area contributed by atoms with Crippen LogP contribution in [-0.4, -0.2) is 82.4 Å². The van der Waals surface area contributed by atoms with E-state index in [-0.39, 0.29) is 11.5 Å². The maximum absolute atomic E-state index is 12.2. The maximum atomic E-state index is 12.2. The highest BCUT2D eigenvalue weighted by atomic mass is 16.6. The SMILES string of the molecule is CN(C)CCO/N=C\CC[C@H]1CC[C@]2(O)[C@@H]3CC[C@@H]4C[C@@H](O)CC[C@]4(C)[C@H]3CC[C@]12C.O=C(O)C(=O)O. The van der Waals surface area contributed by atoms with Gasteiger partial charge in [-0.1, -0.05) is 19.0 Å². The van der Waals surface area contributed by atoms with Gasteiger partial charge >= 0.3 is 11.9 Å². The van der Waals surface area contributed by atoms with Crippen molar-refractivity contribution in [2.75, 3.05) is 27.2 Å². The summed E-state index contributed by atoms with van der Waals surface area (Å²) >= 11 is 0. The topological polar surface area (TPSA) is 140 Å². The van der Waals surface area contributed by atoms with Gasteiger partial charge in [0.1, 0.15) is 6.61 Å². The van der Waals surface area contributed by atoms with Crippen molar-refractivity contribution in [2.45, 2.75) is 96.2 Å². The first kappa shape index (κ1) is 29.8. The summed E-state index contributed by atoms with van der Waals surface area (Å²) in [6.45, 7) is 6.40. The highest BCUT2D eigenvalue weighted by molar-refractivity contribution is 6.27. The van der Waals surface area contributed by atoms with E-state index in [1.807, 2.05) is 20.3 Å². The molecule has 0 aromatic carbocycles. The van der Waals surface area contributed by atoms with Gasteiger partial charge in [-0.3, -0.25) is 0 Å². The Morgan fingerprint density at radius 1 is 1.00 bits per heavy atom. The molecule has 0 radical (unpaired) electrons. The number of carbonyl (C=O) groups is 2. The smallest absolute Gasteiger partial charge is 0.414 e. The van der Waals surface area contributed by atoms with E-state index in [1.54, 1.807) is 0 Å². The zero-order valence-corrected chi connectivity index (χ0v) is 23.1. The predicted molar refractivity (Wildman–Crippen MR) is 140 cm³/mol. The quantitative estimate of drug-likeness (QED) is 0.171. The lowest BCUT2D eigenvalue weighted by Gasteiger charge is -2.63. The van der Waals surface area contributed by atoms with Crippen LogP contribution in [0.1, 0.15) is 84.5 Å². The molecule has 0 amide bonds. The Morgan fingerprint density at radius 3 is 2.35 bits per heavy atom. The van der Waals surface area contributed by atoms with E-state index in [1.165, 1.54) is 12.8 Å². The fourth-order valence-electron chi connectivity index (χ4n) is 8.43. The first-order chi connectivity index (χ1) is 17.3. The van der Waals surface area contributed by atoms with Gasteiger partial charge in [0.2, 0.25) is 0 Å². The summed E-state index contributed by atoms with van der Waals surface area (Å²) in [5.74, 6) is -1.36. The van der Waals surface area contributed by atoms with Gasteiger partial charge in [-0.05, 0) is 119 Å². The number of nitrogens with zero attached hydrogens (tertiary/aromatic N) is 2. The molecule has 9 heteroatoms. The molecule has 4 fully saturated rings. The van der Waals surface area contributed by atoms with E-state index in [9.17, 15) is 10.2 Å². The van der Waals surface area contributed by atoms with Gasteiger partial charge in [-0.25, -0.2) is 9.59 Å². The summed E-state index contributed by atoms with van der Waals surface area (Å²) in [6.07, 6.45) is 13.8. The molecule has 8 atom stereocenters. The number of likely N-dealkylation sites (N-methyl/N-ethyl adjacent to an activating group) is 1. The molecule has 0 aromatic heterocycles. The van der Waals surface area contributed by atoms with Gasteiger partial charge in [0.15, 0.2) is 0 Å². The van der Waals surface area contributed by atoms with Crippen LogP contribution in [0.25, 0.3) is 0 Å². The Kier molecular flexibility index (Phi) is 9.67. The van der Waals surface area contributed by atoms with E-state index in [0.29, 0.717) is 35.7 Å². The second kappa shape index (κ2) is 12.0. The molecule has 0 bridgehead atoms. The Bertz CT molecular complexity index is 823. The number of oxime groups is 1. The number of aliphatic hydroxyl groups is 2. The molecule has 0 aromatic rings. The number of rotatable bonds is 7. The van der Waals surface area contributed by atoms with E-state index in [0.717, 1.165) is 64.3 Å². The minimum atomic E-state index is -1.82. The molecule has 37 heavy (non-hydrogen) atoms. The molecular weight excluding hydrogens is 476 g/mol. The molecule has 4 aliphatic carbocycles. The molecule has 0 aliphatic heterocycles. The van der Waals surface area contributed by atoms with E-state index < -0.39 is 17.5 Å². The lowest BCUT2D eigenvalue weighted by atomic mass is 9.43. The Labute approximate surface area is 221 Å². The first-order valence-corrected chi connectivity index (χ1v) is 14.0. The minimum absolute atomic E-state index is 0.0329. The summed E-state index contributed by atoms with van der Waals surface area (Å²) in [5, 5.41) is 41.4. The number of fused-ring (bicyclic) bond motifs is 5. The standard InChI is InChI=1S/C26H46N2O3.C2H2O4/c1-24-12-10-21(29)18-20(24)7-8-23-22(24)11-13-25(2)19(9-14-26(23,25)30)6-5-15-27-31-17-16-28(3)4;3-1(4)2(5)6/h15,19-23,29-30H,5-14,16-18H2,1-4H3;(H,3,4)(H,5,6)/b27-15-;/t19-,20+,21-,22-,23+,24-,25+,26-;/m0./s1. The summed E-state index contributed by atoms with van der Waals surface area (Å²) in [6, 6.07) is 0. The van der Waals surface area contributed by atoms with Crippen LogP contribution in [0.5, 0.6) is 0 Å². The largest absolute Gasteiger partial charge is 0.473 e. The zero-order chi connectivity index (χ0) is 27.4. The number of hydrogen-bond donors (Lipinski definition) is 4. The van der Waals surface area contributed by atoms with Crippen LogP contribution < -0.4 is 0 Å². The van der Waals surface area contributed by atoms with E-state index >= 15 is 0 Å². The van der Waals surface area contributed by atoms with Gasteiger partial charge < -0.3 is 30.2 Å². The predicted octanol–water partition coefficient (Wildman–Crippen LogP) is 3.62. The Balaban J connectivity index is 0.000000568. The second-order valence-electron chi connectivity index (χ2n) is 12.6. The lowest BCUT2D eigenvalue weighted by Crippen LogP contribution is -2.62. The van der Waals surface area contributed by atoms with Crippen molar-refractivity contribution >= 4 is 18.2 Å². The molecule has 0 unspecified atom stereocenters. The van der Waals surface area contributed by atoms with Crippen LogP contribution >= 0.6 is 0 Å². The summed E-state index contributed by atoms with van der Waals surface area (Å²) in [7, 11) is 4.07. The van der Waals surface area contributed by atoms with Crippen LogP contribution in [0.15, 0.2) is 5.16 Å². The normalized spacial score (nSPS) is 40.8. The summed E-state index contributed by atoms with van der Waals surface area (Å²) in [4.78, 5) is 25.7. The molecule has 0 heterocycles. The van der Waals surface area contributed by atoms with Crippen LogP contribution in [0.2, 0.25) is 0 Å². The average Bonchev–Trinajstić information content (AvgIpc) is 3.09. The maximum Gasteiger partial charge on any atom is 0.414 e. The van der Waals surface area contributed by atoms with Crippen molar-refractivity contribution in [3.63, 3.8) is 0 Å². The van der Waals surface area contributed by atoms with Crippen molar-refractivity contribution in [3.8, 4) is 0 Å². The van der Waals surface area contributed by atoms with Crippen molar-refractivity contribution in [1.29, 1.82) is 0 Å². The Morgan fingerprint density at radius 2 is 1.70 bits per heavy atom. The number of aliphatic carboxylic acids is 2. The van der Waals surface area contributed by atoms with Crippen LogP contribution in [0.3, 0.4) is 0 Å². The molecule has 0 saturated heterocycles. The third-order valence-electron chi connectivity index (χ3n) is 10.6. The lowest BCUT2D eigenvalue weighted by molar-refractivity contribution is -0.210. The Hall–Kier alpha value is -1.71. The third-order valence-corrected chi connectivity index (χ3v) is 10.6. The number of carboxylic acids is 2. The average molecular weight is 525 g/mol. The van der Waals surface area contributed by atoms with Gasteiger partial charge in [0, 0.05) is 12.8 Å². The third kappa shape index (κ3) is 6.14. The van der Waals surface area contributed by atoms with Crippen LogP contribution in [-0.2, 0) is 14.4 Å². The van der Waals surface area contributed by atoms with Gasteiger partial charge in [-0.2, -0.15) is 0 Å².